The van der Waals surface area contributed by atoms with Crippen LogP contribution in [0.2, 0.25) is 0 Å². The second kappa shape index (κ2) is 8.01. The number of benzene rings is 1. The lowest BCUT2D eigenvalue weighted by Crippen LogP contribution is -2.37. The van der Waals surface area contributed by atoms with E-state index in [4.69, 9.17) is 5.73 Å². The topological polar surface area (TPSA) is 97.9 Å². The van der Waals surface area contributed by atoms with Crippen LogP contribution in [-0.4, -0.2) is 29.9 Å². The number of hydrogen-bond donors (Lipinski definition) is 3. The molecule has 3 aromatic rings. The zero-order valence-corrected chi connectivity index (χ0v) is 18.2. The smallest absolute Gasteiger partial charge is 0.233 e. The summed E-state index contributed by atoms with van der Waals surface area (Å²) in [6.45, 7) is 5.53. The van der Waals surface area contributed by atoms with Gasteiger partial charge < -0.3 is 11.1 Å². The van der Waals surface area contributed by atoms with Crippen molar-refractivity contribution in [2.24, 2.45) is 0 Å². The zero-order valence-electron chi connectivity index (χ0n) is 17.4. The third kappa shape index (κ3) is 4.45. The highest BCUT2D eigenvalue weighted by Crippen LogP contribution is 2.37. The number of nitrogens with zero attached hydrogens (tertiary/aromatic N) is 3. The molecular weight excluding hydrogens is 422 g/mol. The molecule has 2 aromatic heterocycles. The molecule has 4 rings (SSSR count). The van der Waals surface area contributed by atoms with Gasteiger partial charge in [0, 0.05) is 24.4 Å². The second-order valence-corrected chi connectivity index (χ2v) is 10.4. The molecular formula is C21H24F2N6OS. The molecule has 0 spiro atoms. The predicted molar refractivity (Wildman–Crippen MR) is 118 cm³/mol. The van der Waals surface area contributed by atoms with Crippen molar-refractivity contribution in [3.8, 4) is 5.82 Å². The van der Waals surface area contributed by atoms with Gasteiger partial charge in [-0.15, -0.1) is 5.10 Å². The normalized spacial score (nSPS) is 19.3. The quantitative estimate of drug-likeness (QED) is 0.555. The van der Waals surface area contributed by atoms with Gasteiger partial charge in [0.05, 0.1) is 27.5 Å². The van der Waals surface area contributed by atoms with Gasteiger partial charge in [-0.2, -0.15) is 4.39 Å². The second-order valence-electron chi connectivity index (χ2n) is 8.43. The Bertz CT molecular complexity index is 1140. The molecule has 1 aromatic carbocycles. The van der Waals surface area contributed by atoms with Gasteiger partial charge in [0.1, 0.15) is 6.17 Å². The van der Waals surface area contributed by atoms with Crippen molar-refractivity contribution in [3.63, 3.8) is 0 Å². The lowest BCUT2D eigenvalue weighted by atomic mass is 10.1. The molecule has 7 nitrogen and oxygen atoms in total. The summed E-state index contributed by atoms with van der Waals surface area (Å²) < 4.78 is 44.1. The maximum absolute atomic E-state index is 14.7. The van der Waals surface area contributed by atoms with Crippen molar-refractivity contribution in [1.82, 2.24) is 19.5 Å². The summed E-state index contributed by atoms with van der Waals surface area (Å²) in [6, 6.07) is 9.35. The maximum atomic E-state index is 14.7. The number of alkyl halides is 1. The molecule has 0 amide bonds. The monoisotopic (exact) mass is 446 g/mol. The van der Waals surface area contributed by atoms with Crippen molar-refractivity contribution in [2.45, 2.75) is 44.2 Å². The van der Waals surface area contributed by atoms with Gasteiger partial charge in [-0.05, 0) is 56.2 Å². The van der Waals surface area contributed by atoms with E-state index >= 15 is 0 Å². The third-order valence-electron chi connectivity index (χ3n) is 5.01. The van der Waals surface area contributed by atoms with Crippen molar-refractivity contribution < 1.29 is 13.0 Å². The number of nitrogens with one attached hydrogen (secondary N) is 2. The van der Waals surface area contributed by atoms with E-state index in [1.165, 1.54) is 16.9 Å². The number of aromatic nitrogens is 3. The number of anilines is 3. The first-order chi connectivity index (χ1) is 14.6. The van der Waals surface area contributed by atoms with Crippen LogP contribution in [0.15, 0.2) is 42.6 Å². The Kier molecular flexibility index (Phi) is 5.52. The fourth-order valence-corrected chi connectivity index (χ4v) is 4.23. The minimum Gasteiger partial charge on any atom is -0.396 e. The van der Waals surface area contributed by atoms with Crippen molar-refractivity contribution in [3.05, 3.63) is 59.7 Å². The average molecular weight is 447 g/mol. The van der Waals surface area contributed by atoms with Gasteiger partial charge in [0.25, 0.3) is 0 Å². The van der Waals surface area contributed by atoms with Crippen LogP contribution in [0.25, 0.3) is 5.82 Å². The predicted octanol–water partition coefficient (Wildman–Crippen LogP) is 3.72. The lowest BCUT2D eigenvalue weighted by molar-refractivity contribution is 0.291. The van der Waals surface area contributed by atoms with Crippen LogP contribution in [-0.2, 0) is 17.4 Å². The van der Waals surface area contributed by atoms with Crippen LogP contribution in [0.1, 0.15) is 37.9 Å². The third-order valence-corrected chi connectivity index (χ3v) is 6.59. The van der Waals surface area contributed by atoms with Crippen LogP contribution in [0.4, 0.5) is 26.0 Å². The number of nitrogen functional groups attached to an aromatic ring is 1. The van der Waals surface area contributed by atoms with Gasteiger partial charge in [-0.3, -0.25) is 0 Å². The molecule has 3 atom stereocenters. The standard InChI is InChI=1S/C21H24F2N6OS/c1-21(2,3)31(30)28-19-14-5-4-13(10-12(14)11-15(19)22)25-20-16(24)6-7-18(26-20)29-9-8-17(23)27-29/h4-10,15,19,28H,11,24H2,1-3H3,(H,25,26)/t15?,19-,31+/m1/s1. The molecule has 0 fully saturated rings. The summed E-state index contributed by atoms with van der Waals surface area (Å²) in [5.74, 6) is 0.175. The Hall–Kier alpha value is -2.85. The summed E-state index contributed by atoms with van der Waals surface area (Å²) in [5.41, 5.74) is 8.74. The lowest BCUT2D eigenvalue weighted by Gasteiger charge is -2.23. The molecule has 0 saturated heterocycles. The van der Waals surface area contributed by atoms with E-state index in [0.29, 0.717) is 23.0 Å². The summed E-state index contributed by atoms with van der Waals surface area (Å²) in [6.07, 6.45) is 0.514. The summed E-state index contributed by atoms with van der Waals surface area (Å²) >= 11 is 0. The highest BCUT2D eigenvalue weighted by atomic mass is 32.2. The van der Waals surface area contributed by atoms with Gasteiger partial charge in [0.2, 0.25) is 5.95 Å². The van der Waals surface area contributed by atoms with Crippen LogP contribution in [0.5, 0.6) is 0 Å². The highest BCUT2D eigenvalue weighted by molar-refractivity contribution is 7.84. The fourth-order valence-electron chi connectivity index (χ4n) is 3.37. The van der Waals surface area contributed by atoms with E-state index in [9.17, 15) is 13.0 Å². The highest BCUT2D eigenvalue weighted by Gasteiger charge is 2.35. The molecule has 2 heterocycles. The number of halogens is 2. The van der Waals surface area contributed by atoms with Crippen LogP contribution in [0, 0.1) is 5.95 Å². The molecule has 10 heteroatoms. The first-order valence-electron chi connectivity index (χ1n) is 9.82. The fraction of sp³-hybridized carbons (Fsp3) is 0.333. The van der Waals surface area contributed by atoms with E-state index in [-0.39, 0.29) is 6.42 Å². The first-order valence-corrected chi connectivity index (χ1v) is 11.0. The number of rotatable bonds is 5. The number of hydrogen-bond acceptors (Lipinski definition) is 5. The average Bonchev–Trinajstić information content (AvgIpc) is 3.26. The molecule has 1 aliphatic rings. The van der Waals surface area contributed by atoms with Gasteiger partial charge >= 0.3 is 0 Å². The molecule has 0 aliphatic heterocycles. The van der Waals surface area contributed by atoms with E-state index in [2.05, 4.69) is 20.1 Å². The molecule has 0 radical (unpaired) electrons. The summed E-state index contributed by atoms with van der Waals surface area (Å²) in [5, 5.41) is 6.85. The van der Waals surface area contributed by atoms with Gasteiger partial charge in [-0.25, -0.2) is 23.0 Å². The summed E-state index contributed by atoms with van der Waals surface area (Å²) in [7, 11) is -1.38. The Balaban J connectivity index is 1.57. The molecule has 4 N–H and O–H groups in total. The van der Waals surface area contributed by atoms with Crippen LogP contribution < -0.4 is 15.8 Å². The van der Waals surface area contributed by atoms with E-state index in [1.54, 1.807) is 18.2 Å². The molecule has 0 bridgehead atoms. The molecule has 0 saturated carbocycles. The molecule has 1 unspecified atom stereocenters. The van der Waals surface area contributed by atoms with E-state index in [1.807, 2.05) is 32.9 Å². The Labute approximate surface area is 181 Å². The number of fused-ring (bicyclic) bond motifs is 1. The maximum Gasteiger partial charge on any atom is 0.233 e. The minimum atomic E-state index is -1.38. The van der Waals surface area contributed by atoms with Gasteiger partial charge in [-0.1, -0.05) is 6.07 Å². The van der Waals surface area contributed by atoms with Crippen molar-refractivity contribution in [1.29, 1.82) is 0 Å². The van der Waals surface area contributed by atoms with E-state index in [0.717, 1.165) is 11.1 Å². The van der Waals surface area contributed by atoms with Crippen LogP contribution >= 0.6 is 0 Å². The van der Waals surface area contributed by atoms with Crippen molar-refractivity contribution in [2.75, 3.05) is 11.1 Å². The molecule has 164 valence electrons. The molecule has 1 aliphatic carbocycles. The molecule has 31 heavy (non-hydrogen) atoms. The minimum absolute atomic E-state index is 0.222. The SMILES string of the molecule is CC(C)(C)[S@](=O)N[C@@H]1c2ccc(Nc3nc(-n4ccc(F)n4)ccc3N)cc2CC1F. The number of nitrogens with two attached hydrogens (primary N) is 1. The van der Waals surface area contributed by atoms with Crippen LogP contribution in [0.3, 0.4) is 0 Å². The Morgan fingerprint density at radius 3 is 2.68 bits per heavy atom. The van der Waals surface area contributed by atoms with Crippen molar-refractivity contribution >= 4 is 28.2 Å². The summed E-state index contributed by atoms with van der Waals surface area (Å²) in [4.78, 5) is 4.41. The first kappa shape index (κ1) is 21.4. The van der Waals surface area contributed by atoms with Gasteiger partial charge in [0.15, 0.2) is 11.6 Å². The zero-order chi connectivity index (χ0) is 22.3. The Morgan fingerprint density at radius 2 is 2.00 bits per heavy atom. The largest absolute Gasteiger partial charge is 0.396 e. The van der Waals surface area contributed by atoms with E-state index < -0.39 is 33.9 Å². The Morgan fingerprint density at radius 1 is 1.23 bits per heavy atom. The number of pyridine rings is 1.